The number of rotatable bonds is 15. The van der Waals surface area contributed by atoms with Gasteiger partial charge in [-0.2, -0.15) is 0 Å². The lowest BCUT2D eigenvalue weighted by Crippen LogP contribution is -2.33. The number of thiazole rings is 1. The highest BCUT2D eigenvalue weighted by Gasteiger charge is 2.26. The second-order valence-electron chi connectivity index (χ2n) is 13.7. The lowest BCUT2D eigenvalue weighted by atomic mass is 9.89. The molecule has 0 saturated heterocycles. The SMILES string of the molecule is CC(=NCC1CCCCC1)/C(=C\N)c1ccc(N2CCc3cccc(C(=O)Nc4nc5cccnc5s4)c3C2)nc1C(=O)NSCCN(C)CCC(=O)O. The molecule has 5 N–H and O–H groups in total. The van der Waals surface area contributed by atoms with E-state index in [0.29, 0.717) is 71.9 Å². The highest BCUT2D eigenvalue weighted by molar-refractivity contribution is 7.97. The van der Waals surface area contributed by atoms with E-state index in [9.17, 15) is 14.4 Å². The van der Waals surface area contributed by atoms with Crippen LogP contribution in [0.3, 0.4) is 0 Å². The number of carboxylic acid groups (broad SMARTS) is 1. The number of allylic oxidation sites excluding steroid dienone is 1. The Labute approximate surface area is 323 Å². The van der Waals surface area contributed by atoms with Gasteiger partial charge in [0.1, 0.15) is 21.9 Å². The first-order valence-electron chi connectivity index (χ1n) is 18.4. The molecule has 4 heterocycles. The smallest absolute Gasteiger partial charge is 0.304 e. The molecule has 54 heavy (non-hydrogen) atoms. The van der Waals surface area contributed by atoms with Crippen LogP contribution in [0, 0.1) is 5.92 Å². The summed E-state index contributed by atoms with van der Waals surface area (Å²) in [5.41, 5.74) is 11.7. The lowest BCUT2D eigenvalue weighted by molar-refractivity contribution is -0.137. The molecule has 15 heteroatoms. The number of hydrogen-bond donors (Lipinski definition) is 4. The number of carbonyl (C=O) groups excluding carboxylic acids is 2. The number of carbonyl (C=O) groups is 3. The zero-order valence-corrected chi connectivity index (χ0v) is 32.3. The fourth-order valence-electron chi connectivity index (χ4n) is 6.88. The quantitative estimate of drug-likeness (QED) is 0.0631. The Morgan fingerprint density at radius 3 is 2.69 bits per heavy atom. The highest BCUT2D eigenvalue weighted by atomic mass is 32.2. The van der Waals surface area contributed by atoms with Crippen LogP contribution < -0.4 is 20.7 Å². The van der Waals surface area contributed by atoms with Crippen LogP contribution in [-0.4, -0.2) is 87.4 Å². The van der Waals surface area contributed by atoms with Crippen molar-refractivity contribution in [3.05, 3.63) is 82.8 Å². The third-order valence-corrected chi connectivity index (χ3v) is 11.5. The molecule has 1 aliphatic heterocycles. The molecule has 1 aliphatic carbocycles. The first-order valence-corrected chi connectivity index (χ1v) is 20.2. The standard InChI is InChI=1S/C39H47N9O4S2/c1-25(42-23-26-8-4-3-5-9-26)30(22-40)28-13-14-33(44-35(28)37(52)46-53-21-20-47(2)18-16-34(49)50)48-19-15-27-10-6-11-29(31(27)24-48)36(51)45-39-43-32-12-7-17-41-38(32)54-39/h6-7,10-14,17,22,26H,3-5,8-9,15-16,18-21,23-24,40H2,1-2H3,(H,46,52)(H,49,50)(H,43,45,51)/b30-22+,42-25?. The van der Waals surface area contributed by atoms with E-state index in [1.54, 1.807) is 6.20 Å². The molecular weight excluding hydrogens is 723 g/mol. The minimum absolute atomic E-state index is 0.0530. The van der Waals surface area contributed by atoms with E-state index in [1.807, 2.05) is 61.3 Å². The van der Waals surface area contributed by atoms with Crippen molar-refractivity contribution in [2.45, 2.75) is 58.4 Å². The fraction of sp³-hybridized carbons (Fsp3) is 0.410. The molecule has 0 atom stereocenters. The average molecular weight is 770 g/mol. The van der Waals surface area contributed by atoms with Gasteiger partial charge in [-0.1, -0.05) is 42.7 Å². The molecule has 1 saturated carbocycles. The summed E-state index contributed by atoms with van der Waals surface area (Å²) < 4.78 is 2.95. The second kappa shape index (κ2) is 18.5. The molecule has 2 aliphatic rings. The zero-order chi connectivity index (χ0) is 38.0. The van der Waals surface area contributed by atoms with Crippen molar-refractivity contribution in [1.29, 1.82) is 0 Å². The first kappa shape index (κ1) is 38.9. The van der Waals surface area contributed by atoms with Crippen LogP contribution in [0.1, 0.15) is 83.0 Å². The van der Waals surface area contributed by atoms with Gasteiger partial charge in [-0.15, -0.1) is 0 Å². The third-order valence-electron chi connectivity index (χ3n) is 9.93. The number of carboxylic acids is 1. The van der Waals surface area contributed by atoms with E-state index >= 15 is 0 Å². The summed E-state index contributed by atoms with van der Waals surface area (Å²) in [6.07, 6.45) is 10.0. The molecule has 6 rings (SSSR count). The summed E-state index contributed by atoms with van der Waals surface area (Å²) in [4.78, 5) is 62.0. The minimum atomic E-state index is -0.846. The number of hydrogen-bond acceptors (Lipinski definition) is 12. The van der Waals surface area contributed by atoms with E-state index in [2.05, 4.69) is 24.9 Å². The molecular formula is C39H47N9O4S2. The number of aliphatic imine (C=N–C) groups is 1. The molecule has 0 bridgehead atoms. The largest absolute Gasteiger partial charge is 0.481 e. The Morgan fingerprint density at radius 2 is 1.91 bits per heavy atom. The number of fused-ring (bicyclic) bond motifs is 2. The number of aromatic nitrogens is 3. The van der Waals surface area contributed by atoms with Crippen LogP contribution in [0.25, 0.3) is 15.9 Å². The predicted molar refractivity (Wildman–Crippen MR) is 217 cm³/mol. The van der Waals surface area contributed by atoms with Gasteiger partial charge in [0, 0.05) is 73.3 Å². The maximum atomic E-state index is 13.9. The normalized spacial score (nSPS) is 15.4. The number of nitrogens with two attached hydrogens (primary N) is 1. The number of aliphatic carboxylic acids is 1. The van der Waals surface area contributed by atoms with Crippen molar-refractivity contribution in [3.63, 3.8) is 0 Å². The van der Waals surface area contributed by atoms with E-state index in [-0.39, 0.29) is 23.9 Å². The predicted octanol–water partition coefficient (Wildman–Crippen LogP) is 6.03. The Bertz CT molecular complexity index is 2010. The summed E-state index contributed by atoms with van der Waals surface area (Å²) in [6, 6.07) is 13.2. The summed E-state index contributed by atoms with van der Waals surface area (Å²) in [7, 11) is 1.85. The Hall–Kier alpha value is -4.86. The van der Waals surface area contributed by atoms with E-state index in [0.717, 1.165) is 33.7 Å². The number of nitrogens with zero attached hydrogens (tertiary/aromatic N) is 6. The average Bonchev–Trinajstić information content (AvgIpc) is 3.60. The van der Waals surface area contributed by atoms with E-state index < -0.39 is 5.97 Å². The molecule has 0 radical (unpaired) electrons. The molecule has 0 unspecified atom stereocenters. The van der Waals surface area contributed by atoms with Crippen molar-refractivity contribution in [3.8, 4) is 0 Å². The van der Waals surface area contributed by atoms with Gasteiger partial charge < -0.3 is 20.6 Å². The monoisotopic (exact) mass is 769 g/mol. The van der Waals surface area contributed by atoms with Gasteiger partial charge in [0.25, 0.3) is 11.8 Å². The fourth-order valence-corrected chi connectivity index (χ4v) is 8.42. The van der Waals surface area contributed by atoms with Crippen LogP contribution in [0.15, 0.2) is 59.9 Å². The Kier molecular flexibility index (Phi) is 13.3. The molecule has 3 aromatic heterocycles. The van der Waals surface area contributed by atoms with Crippen LogP contribution in [-0.2, 0) is 17.8 Å². The molecule has 1 fully saturated rings. The maximum Gasteiger partial charge on any atom is 0.304 e. The molecule has 4 aromatic rings. The van der Waals surface area contributed by atoms with E-state index in [1.165, 1.54) is 61.6 Å². The molecule has 284 valence electrons. The second-order valence-corrected chi connectivity index (χ2v) is 15.6. The Balaban J connectivity index is 1.23. The molecule has 2 amide bonds. The van der Waals surface area contributed by atoms with Gasteiger partial charge in [0.05, 0.1) is 6.42 Å². The first-order chi connectivity index (χ1) is 26.2. The van der Waals surface area contributed by atoms with E-state index in [4.69, 9.17) is 20.8 Å². The number of anilines is 2. The van der Waals surface area contributed by atoms with Gasteiger partial charge in [-0.05, 0) is 92.6 Å². The summed E-state index contributed by atoms with van der Waals surface area (Å²) in [5, 5.41) is 12.5. The minimum Gasteiger partial charge on any atom is -0.481 e. The summed E-state index contributed by atoms with van der Waals surface area (Å²) >= 11 is 2.58. The van der Waals surface area contributed by atoms with Crippen molar-refractivity contribution in [1.82, 2.24) is 24.6 Å². The molecule has 0 spiro atoms. The third kappa shape index (κ3) is 9.81. The Morgan fingerprint density at radius 1 is 1.07 bits per heavy atom. The number of pyridine rings is 2. The van der Waals surface area contributed by atoms with Crippen molar-refractivity contribution >= 4 is 73.6 Å². The van der Waals surface area contributed by atoms with Gasteiger partial charge in [0.2, 0.25) is 0 Å². The maximum absolute atomic E-state index is 13.9. The van der Waals surface area contributed by atoms with Gasteiger partial charge in [0.15, 0.2) is 5.13 Å². The van der Waals surface area contributed by atoms with Gasteiger partial charge in [-0.3, -0.25) is 29.4 Å². The summed E-state index contributed by atoms with van der Waals surface area (Å²) in [6.45, 7) is 4.74. The van der Waals surface area contributed by atoms with Crippen LogP contribution in [0.4, 0.5) is 10.9 Å². The molecule has 13 nitrogen and oxygen atoms in total. The van der Waals surface area contributed by atoms with Crippen LogP contribution >= 0.6 is 23.3 Å². The van der Waals surface area contributed by atoms with Crippen molar-refractivity contribution in [2.24, 2.45) is 16.6 Å². The molecule has 1 aromatic carbocycles. The van der Waals surface area contributed by atoms with Crippen molar-refractivity contribution in [2.75, 3.05) is 49.2 Å². The van der Waals surface area contributed by atoms with Crippen LogP contribution in [0.5, 0.6) is 0 Å². The zero-order valence-electron chi connectivity index (χ0n) is 30.7. The number of benzene rings is 1. The number of amides is 2. The number of nitrogens with one attached hydrogen (secondary N) is 2. The lowest BCUT2D eigenvalue weighted by Gasteiger charge is -2.31. The van der Waals surface area contributed by atoms with Gasteiger partial charge >= 0.3 is 5.97 Å². The highest BCUT2D eigenvalue weighted by Crippen LogP contribution is 2.31. The van der Waals surface area contributed by atoms with Crippen LogP contribution in [0.2, 0.25) is 0 Å². The summed E-state index contributed by atoms with van der Waals surface area (Å²) in [5.74, 6) is 0.248. The van der Waals surface area contributed by atoms with Gasteiger partial charge in [-0.25, -0.2) is 15.0 Å². The topological polar surface area (TPSA) is 179 Å². The van der Waals surface area contributed by atoms with Crippen molar-refractivity contribution < 1.29 is 19.5 Å².